The van der Waals surface area contributed by atoms with Crippen molar-refractivity contribution < 1.29 is 4.79 Å². The zero-order valence-electron chi connectivity index (χ0n) is 7.64. The minimum absolute atomic E-state index is 0.113. The average molecular weight is 258 g/mol. The lowest BCUT2D eigenvalue weighted by molar-refractivity contribution is 0.0967. The SMILES string of the molecule is NC(C(=O)c1sccc1Cl)c1cccs1. The van der Waals surface area contributed by atoms with Gasteiger partial charge in [-0.05, 0) is 22.9 Å². The molecule has 1 atom stereocenters. The summed E-state index contributed by atoms with van der Waals surface area (Å²) in [4.78, 5) is 13.3. The molecule has 5 heteroatoms. The molecule has 2 nitrogen and oxygen atoms in total. The lowest BCUT2D eigenvalue weighted by Crippen LogP contribution is -2.19. The number of nitrogens with two attached hydrogens (primary N) is 1. The van der Waals surface area contributed by atoms with Crippen LogP contribution in [-0.2, 0) is 0 Å². The van der Waals surface area contributed by atoms with Crippen molar-refractivity contribution in [2.24, 2.45) is 5.73 Å². The molecule has 0 aromatic carbocycles. The molecule has 0 spiro atoms. The molecule has 0 saturated carbocycles. The summed E-state index contributed by atoms with van der Waals surface area (Å²) in [5.41, 5.74) is 5.85. The van der Waals surface area contributed by atoms with Crippen molar-refractivity contribution >= 4 is 40.1 Å². The van der Waals surface area contributed by atoms with Gasteiger partial charge in [0.05, 0.1) is 9.90 Å². The largest absolute Gasteiger partial charge is 0.317 e. The minimum atomic E-state index is -0.596. The van der Waals surface area contributed by atoms with Gasteiger partial charge in [0, 0.05) is 4.88 Å². The van der Waals surface area contributed by atoms with Gasteiger partial charge in [0.25, 0.3) is 0 Å². The lowest BCUT2D eigenvalue weighted by Gasteiger charge is -2.06. The van der Waals surface area contributed by atoms with Crippen LogP contribution in [0.25, 0.3) is 0 Å². The molecule has 1 unspecified atom stereocenters. The molecule has 0 bridgehead atoms. The fourth-order valence-electron chi connectivity index (χ4n) is 1.21. The normalized spacial score (nSPS) is 12.7. The second-order valence-corrected chi connectivity index (χ2v) is 5.26. The smallest absolute Gasteiger partial charge is 0.196 e. The number of halogens is 1. The third kappa shape index (κ3) is 2.13. The standard InChI is InChI=1S/C10H8ClNOS2/c11-6-3-5-15-10(6)9(13)8(12)7-2-1-4-14-7/h1-5,8H,12H2. The van der Waals surface area contributed by atoms with Crippen molar-refractivity contribution in [3.63, 3.8) is 0 Å². The second-order valence-electron chi connectivity index (χ2n) is 2.96. The monoisotopic (exact) mass is 257 g/mol. The van der Waals surface area contributed by atoms with Crippen LogP contribution in [0.4, 0.5) is 0 Å². The summed E-state index contributed by atoms with van der Waals surface area (Å²) in [6.07, 6.45) is 0. The van der Waals surface area contributed by atoms with E-state index in [0.717, 1.165) is 4.88 Å². The number of rotatable bonds is 3. The fraction of sp³-hybridized carbons (Fsp3) is 0.100. The first-order valence-electron chi connectivity index (χ1n) is 4.26. The number of Topliss-reactive ketones (excluding diaryl/α,β-unsaturated/α-hetero) is 1. The molecule has 78 valence electrons. The zero-order chi connectivity index (χ0) is 10.8. The molecule has 15 heavy (non-hydrogen) atoms. The van der Waals surface area contributed by atoms with E-state index in [1.54, 1.807) is 11.4 Å². The Labute approximate surface area is 100 Å². The van der Waals surface area contributed by atoms with Gasteiger partial charge < -0.3 is 5.73 Å². The number of hydrogen-bond donors (Lipinski definition) is 1. The Kier molecular flexibility index (Phi) is 3.21. The first-order valence-corrected chi connectivity index (χ1v) is 6.40. The molecular weight excluding hydrogens is 250 g/mol. The van der Waals surface area contributed by atoms with Gasteiger partial charge in [0.2, 0.25) is 0 Å². The van der Waals surface area contributed by atoms with E-state index in [9.17, 15) is 4.79 Å². The summed E-state index contributed by atoms with van der Waals surface area (Å²) in [7, 11) is 0. The van der Waals surface area contributed by atoms with Crippen molar-refractivity contribution in [1.29, 1.82) is 0 Å². The summed E-state index contributed by atoms with van der Waals surface area (Å²) in [5.74, 6) is -0.113. The molecule has 2 N–H and O–H groups in total. The Morgan fingerprint density at radius 2 is 2.13 bits per heavy atom. The molecule has 2 heterocycles. The molecule has 0 amide bonds. The molecule has 2 aromatic rings. The first kappa shape index (κ1) is 10.8. The van der Waals surface area contributed by atoms with E-state index >= 15 is 0 Å². The van der Waals surface area contributed by atoms with Crippen molar-refractivity contribution in [2.45, 2.75) is 6.04 Å². The summed E-state index contributed by atoms with van der Waals surface area (Å²) in [5, 5.41) is 4.17. The first-order chi connectivity index (χ1) is 7.20. The van der Waals surface area contributed by atoms with Gasteiger partial charge in [-0.3, -0.25) is 4.79 Å². The Hall–Kier alpha value is -0.680. The van der Waals surface area contributed by atoms with E-state index in [-0.39, 0.29) is 5.78 Å². The minimum Gasteiger partial charge on any atom is -0.317 e. The van der Waals surface area contributed by atoms with Crippen molar-refractivity contribution in [2.75, 3.05) is 0 Å². The maximum absolute atomic E-state index is 11.9. The molecule has 0 fully saturated rings. The topological polar surface area (TPSA) is 43.1 Å². The molecule has 0 aliphatic carbocycles. The van der Waals surface area contributed by atoms with Crippen LogP contribution in [0, 0.1) is 0 Å². The molecule has 0 aliphatic heterocycles. The number of carbonyl (C=O) groups is 1. The van der Waals surface area contributed by atoms with E-state index < -0.39 is 6.04 Å². The quantitative estimate of drug-likeness (QED) is 0.857. The van der Waals surface area contributed by atoms with Gasteiger partial charge in [0.15, 0.2) is 5.78 Å². The van der Waals surface area contributed by atoms with Crippen LogP contribution < -0.4 is 5.73 Å². The van der Waals surface area contributed by atoms with Crippen LogP contribution in [0.5, 0.6) is 0 Å². The summed E-state index contributed by atoms with van der Waals surface area (Å²) in [6, 6.07) is 4.85. The third-order valence-corrected chi connectivity index (χ3v) is 4.28. The Balaban J connectivity index is 2.26. The zero-order valence-corrected chi connectivity index (χ0v) is 10.0. The molecule has 2 aromatic heterocycles. The number of carbonyl (C=O) groups excluding carboxylic acids is 1. The van der Waals surface area contributed by atoms with Crippen molar-refractivity contribution in [3.05, 3.63) is 43.7 Å². The van der Waals surface area contributed by atoms with Crippen LogP contribution in [0.2, 0.25) is 5.02 Å². The Morgan fingerprint density at radius 1 is 1.33 bits per heavy atom. The number of thiophene rings is 2. The van der Waals surface area contributed by atoms with Crippen LogP contribution >= 0.6 is 34.3 Å². The van der Waals surface area contributed by atoms with Crippen molar-refractivity contribution in [3.8, 4) is 0 Å². The van der Waals surface area contributed by atoms with Gasteiger partial charge in [-0.2, -0.15) is 0 Å². The van der Waals surface area contributed by atoms with E-state index in [1.807, 2.05) is 17.5 Å². The Bertz CT molecular complexity index is 463. The van der Waals surface area contributed by atoms with E-state index in [2.05, 4.69) is 0 Å². The highest BCUT2D eigenvalue weighted by Crippen LogP contribution is 2.28. The Morgan fingerprint density at radius 3 is 2.67 bits per heavy atom. The molecular formula is C10H8ClNOS2. The van der Waals surface area contributed by atoms with E-state index in [1.165, 1.54) is 22.7 Å². The number of ketones is 1. The van der Waals surface area contributed by atoms with Crippen LogP contribution in [-0.4, -0.2) is 5.78 Å². The maximum atomic E-state index is 11.9. The molecule has 0 saturated heterocycles. The van der Waals surface area contributed by atoms with Crippen LogP contribution in [0.3, 0.4) is 0 Å². The third-order valence-electron chi connectivity index (χ3n) is 1.97. The fourth-order valence-corrected chi connectivity index (χ4v) is 3.06. The number of hydrogen-bond acceptors (Lipinski definition) is 4. The van der Waals surface area contributed by atoms with Crippen LogP contribution in [0.15, 0.2) is 29.0 Å². The highest BCUT2D eigenvalue weighted by atomic mass is 35.5. The molecule has 0 aliphatic rings. The predicted molar refractivity (Wildman–Crippen MR) is 64.9 cm³/mol. The van der Waals surface area contributed by atoms with Gasteiger partial charge in [0.1, 0.15) is 6.04 Å². The summed E-state index contributed by atoms with van der Waals surface area (Å²) >= 11 is 8.68. The predicted octanol–water partition coefficient (Wildman–Crippen LogP) is 3.35. The lowest BCUT2D eigenvalue weighted by atomic mass is 10.1. The summed E-state index contributed by atoms with van der Waals surface area (Å²) < 4.78 is 0. The maximum Gasteiger partial charge on any atom is 0.196 e. The molecule has 0 radical (unpaired) electrons. The second kappa shape index (κ2) is 4.45. The van der Waals surface area contributed by atoms with Crippen molar-refractivity contribution in [1.82, 2.24) is 0 Å². The van der Waals surface area contributed by atoms with E-state index in [4.69, 9.17) is 17.3 Å². The highest BCUT2D eigenvalue weighted by molar-refractivity contribution is 7.13. The molecule has 2 rings (SSSR count). The average Bonchev–Trinajstić information content (AvgIpc) is 2.85. The van der Waals surface area contributed by atoms with Gasteiger partial charge in [-0.25, -0.2) is 0 Å². The highest BCUT2D eigenvalue weighted by Gasteiger charge is 2.21. The van der Waals surface area contributed by atoms with Gasteiger partial charge in [-0.15, -0.1) is 22.7 Å². The van der Waals surface area contributed by atoms with Gasteiger partial charge in [-0.1, -0.05) is 17.7 Å². The van der Waals surface area contributed by atoms with E-state index in [0.29, 0.717) is 9.90 Å². The van der Waals surface area contributed by atoms with Crippen LogP contribution in [0.1, 0.15) is 20.6 Å². The summed E-state index contributed by atoms with van der Waals surface area (Å²) in [6.45, 7) is 0. The van der Waals surface area contributed by atoms with Gasteiger partial charge >= 0.3 is 0 Å².